The van der Waals surface area contributed by atoms with Gasteiger partial charge < -0.3 is 0 Å². The Morgan fingerprint density at radius 3 is 3.17 bits per heavy atom. The van der Waals surface area contributed by atoms with Gasteiger partial charge in [-0.25, -0.2) is 9.98 Å². The molecule has 12 heavy (non-hydrogen) atoms. The normalized spacial score (nSPS) is 27.2. The molecule has 0 amide bonds. The highest BCUT2D eigenvalue weighted by Gasteiger charge is 2.24. The van der Waals surface area contributed by atoms with Gasteiger partial charge in [-0.2, -0.15) is 0 Å². The Morgan fingerprint density at radius 2 is 2.33 bits per heavy atom. The first-order valence-corrected chi connectivity index (χ1v) is 4.76. The third-order valence-corrected chi connectivity index (χ3v) is 2.82. The lowest BCUT2D eigenvalue weighted by Crippen LogP contribution is -2.16. The monoisotopic (exact) mass is 244 g/mol. The molecule has 1 atom stereocenters. The topological polar surface area (TPSA) is 24.7 Å². The van der Waals surface area contributed by atoms with Crippen molar-refractivity contribution in [2.75, 3.05) is 0 Å². The van der Waals surface area contributed by atoms with Crippen LogP contribution >= 0.6 is 27.5 Å². The molecule has 2 rings (SSSR count). The Balaban J connectivity index is 2.37. The van der Waals surface area contributed by atoms with Crippen LogP contribution in [0.5, 0.6) is 0 Å². The number of hydrogen-bond donors (Lipinski definition) is 0. The molecule has 1 heterocycles. The van der Waals surface area contributed by atoms with Crippen molar-refractivity contribution in [1.29, 1.82) is 0 Å². The van der Waals surface area contributed by atoms with Crippen molar-refractivity contribution in [2.24, 2.45) is 15.9 Å². The van der Waals surface area contributed by atoms with Gasteiger partial charge in [0.15, 0.2) is 0 Å². The fraction of sp³-hybridized carbons (Fsp3) is 0.250. The Kier molecular flexibility index (Phi) is 2.15. The average molecular weight is 246 g/mol. The van der Waals surface area contributed by atoms with E-state index in [2.05, 4.69) is 25.9 Å². The Morgan fingerprint density at radius 1 is 1.50 bits per heavy atom. The lowest BCUT2D eigenvalue weighted by Gasteiger charge is -2.20. The molecule has 0 spiro atoms. The molecule has 0 aromatic rings. The van der Waals surface area contributed by atoms with Gasteiger partial charge in [0.05, 0.1) is 11.6 Å². The number of halogens is 2. The number of fused-ring (bicyclic) bond motifs is 1. The predicted molar refractivity (Wildman–Crippen MR) is 55.0 cm³/mol. The summed E-state index contributed by atoms with van der Waals surface area (Å²) in [5.74, 6) is 0.163. The van der Waals surface area contributed by atoms with Crippen LogP contribution in [0.1, 0.15) is 6.42 Å². The fourth-order valence-corrected chi connectivity index (χ4v) is 1.93. The summed E-state index contributed by atoms with van der Waals surface area (Å²) < 4.78 is 1.14. The minimum atomic E-state index is 0.163. The van der Waals surface area contributed by atoms with Crippen molar-refractivity contribution >= 4 is 39.0 Å². The van der Waals surface area contributed by atoms with Crippen LogP contribution in [-0.4, -0.2) is 11.5 Å². The fourth-order valence-electron chi connectivity index (χ4n) is 1.24. The van der Waals surface area contributed by atoms with Crippen LogP contribution in [0, 0.1) is 5.92 Å². The van der Waals surface area contributed by atoms with Crippen molar-refractivity contribution < 1.29 is 0 Å². The van der Waals surface area contributed by atoms with Crippen molar-refractivity contribution in [2.45, 2.75) is 6.42 Å². The molecule has 0 saturated carbocycles. The molecule has 1 aliphatic heterocycles. The van der Waals surface area contributed by atoms with E-state index in [9.17, 15) is 0 Å². The molecule has 0 bridgehead atoms. The van der Waals surface area contributed by atoms with Crippen molar-refractivity contribution in [3.05, 3.63) is 22.3 Å². The van der Waals surface area contributed by atoms with Crippen LogP contribution in [0.2, 0.25) is 0 Å². The lowest BCUT2D eigenvalue weighted by atomic mass is 9.97. The van der Waals surface area contributed by atoms with Gasteiger partial charge in [0, 0.05) is 0 Å². The minimum absolute atomic E-state index is 0.163. The summed E-state index contributed by atoms with van der Waals surface area (Å²) in [6.07, 6.45) is 6.33. The smallest absolute Gasteiger partial charge is 0.117 e. The highest BCUT2D eigenvalue weighted by Crippen LogP contribution is 2.32. The molecule has 0 fully saturated rings. The summed E-state index contributed by atoms with van der Waals surface area (Å²) in [4.78, 5) is 8.09. The van der Waals surface area contributed by atoms with Gasteiger partial charge in [0.1, 0.15) is 11.5 Å². The van der Waals surface area contributed by atoms with E-state index in [4.69, 9.17) is 11.6 Å². The molecule has 0 N–H and O–H groups in total. The number of nitrogens with zero attached hydrogens (tertiary/aromatic N) is 2. The quantitative estimate of drug-likeness (QED) is 0.627. The highest BCUT2D eigenvalue weighted by molar-refractivity contribution is 9.11. The molecule has 1 unspecified atom stereocenters. The second kappa shape index (κ2) is 3.15. The van der Waals surface area contributed by atoms with Crippen LogP contribution in [0.15, 0.2) is 32.3 Å². The first kappa shape index (κ1) is 8.20. The van der Waals surface area contributed by atoms with Crippen LogP contribution in [0.25, 0.3) is 0 Å². The summed E-state index contributed by atoms with van der Waals surface area (Å²) in [5.41, 5.74) is 0.998. The van der Waals surface area contributed by atoms with E-state index in [1.165, 1.54) is 6.34 Å². The van der Waals surface area contributed by atoms with Gasteiger partial charge >= 0.3 is 0 Å². The summed E-state index contributed by atoms with van der Waals surface area (Å²) in [7, 11) is 0. The lowest BCUT2D eigenvalue weighted by molar-refractivity contribution is 0.794. The maximum atomic E-state index is 5.93. The largest absolute Gasteiger partial charge is 0.241 e. The van der Waals surface area contributed by atoms with E-state index in [-0.39, 0.29) is 5.92 Å². The summed E-state index contributed by atoms with van der Waals surface area (Å²) in [6.45, 7) is 0. The molecular weight excluding hydrogens is 239 g/mol. The SMILES string of the molecule is ClC1=NC=NC2=CC=C(Br)CC21. The minimum Gasteiger partial charge on any atom is -0.241 e. The highest BCUT2D eigenvalue weighted by atomic mass is 79.9. The van der Waals surface area contributed by atoms with Gasteiger partial charge in [-0.1, -0.05) is 33.6 Å². The number of rotatable bonds is 0. The zero-order valence-electron chi connectivity index (χ0n) is 6.17. The third-order valence-electron chi connectivity index (χ3n) is 1.87. The molecule has 0 radical (unpaired) electrons. The molecule has 0 aromatic carbocycles. The van der Waals surface area contributed by atoms with Gasteiger partial charge in [-0.15, -0.1) is 0 Å². The molecule has 0 saturated heterocycles. The molecule has 2 nitrogen and oxygen atoms in total. The average Bonchev–Trinajstić information content (AvgIpc) is 2.07. The van der Waals surface area contributed by atoms with E-state index < -0.39 is 0 Å². The van der Waals surface area contributed by atoms with Crippen molar-refractivity contribution in [3.8, 4) is 0 Å². The Bertz CT molecular complexity index is 328. The van der Waals surface area contributed by atoms with E-state index in [0.717, 1.165) is 16.6 Å². The zero-order chi connectivity index (χ0) is 8.55. The predicted octanol–water partition coefficient (Wildman–Crippen LogP) is 2.85. The molecule has 62 valence electrons. The maximum Gasteiger partial charge on any atom is 0.117 e. The Labute approximate surface area is 83.9 Å². The maximum absolute atomic E-state index is 5.93. The van der Waals surface area contributed by atoms with Crippen molar-refractivity contribution in [1.82, 2.24) is 0 Å². The van der Waals surface area contributed by atoms with Gasteiger partial charge in [-0.05, 0) is 17.0 Å². The third kappa shape index (κ3) is 1.39. The first-order valence-electron chi connectivity index (χ1n) is 3.59. The summed E-state index contributed by atoms with van der Waals surface area (Å²) in [5, 5.41) is 0.626. The molecule has 0 aromatic heterocycles. The van der Waals surface area contributed by atoms with Gasteiger partial charge in [-0.3, -0.25) is 0 Å². The van der Waals surface area contributed by atoms with Crippen LogP contribution < -0.4 is 0 Å². The summed E-state index contributed by atoms with van der Waals surface area (Å²) >= 11 is 9.35. The molecule has 2 aliphatic rings. The number of hydrogen-bond acceptors (Lipinski definition) is 2. The summed E-state index contributed by atoms with van der Waals surface area (Å²) in [6, 6.07) is 0. The van der Waals surface area contributed by atoms with E-state index >= 15 is 0 Å². The van der Waals surface area contributed by atoms with E-state index in [0.29, 0.717) is 5.17 Å². The van der Waals surface area contributed by atoms with Crippen LogP contribution in [0.4, 0.5) is 0 Å². The van der Waals surface area contributed by atoms with Gasteiger partial charge in [0.2, 0.25) is 0 Å². The Hall–Kier alpha value is -0.410. The number of allylic oxidation sites excluding steroid dienone is 4. The van der Waals surface area contributed by atoms with Crippen molar-refractivity contribution in [3.63, 3.8) is 0 Å². The first-order chi connectivity index (χ1) is 5.77. The second-order valence-corrected chi connectivity index (χ2v) is 4.06. The van der Waals surface area contributed by atoms with Crippen LogP contribution in [-0.2, 0) is 0 Å². The van der Waals surface area contributed by atoms with E-state index in [1.54, 1.807) is 0 Å². The van der Waals surface area contributed by atoms with Gasteiger partial charge in [0.25, 0.3) is 0 Å². The molecule has 1 aliphatic carbocycles. The molecular formula is C8H6BrClN2. The molecule has 4 heteroatoms. The van der Waals surface area contributed by atoms with E-state index in [1.807, 2.05) is 12.2 Å². The zero-order valence-corrected chi connectivity index (χ0v) is 8.51. The second-order valence-electron chi connectivity index (χ2n) is 2.66. The standard InChI is InChI=1S/C8H6BrClN2/c9-5-1-2-7-6(3-5)8(10)12-4-11-7/h1-2,4,6H,3H2. The number of aliphatic imine (C=N–C) groups is 2. The van der Waals surface area contributed by atoms with Crippen LogP contribution in [0.3, 0.4) is 0 Å².